The molecule has 0 bridgehead atoms. The van der Waals surface area contributed by atoms with Gasteiger partial charge in [-0.1, -0.05) is 297 Å². The van der Waals surface area contributed by atoms with E-state index in [1.165, 1.54) is 238 Å². The van der Waals surface area contributed by atoms with Crippen molar-refractivity contribution in [2.24, 2.45) is 0 Å². The molecule has 0 aromatic carbocycles. The summed E-state index contributed by atoms with van der Waals surface area (Å²) in [5.41, 5.74) is 0. The lowest BCUT2D eigenvalue weighted by Crippen LogP contribution is -2.47. The number of amides is 1. The number of phosphoric acid groups is 1. The second-order valence-corrected chi connectivity index (χ2v) is 24.7. The van der Waals surface area contributed by atoms with E-state index in [0.29, 0.717) is 17.4 Å². The predicted octanol–water partition coefficient (Wildman–Crippen LogP) is 18.9. The second kappa shape index (κ2) is 54.1. The first-order chi connectivity index (χ1) is 35.4. The van der Waals surface area contributed by atoms with Crippen molar-refractivity contribution in [3.8, 4) is 0 Å². The van der Waals surface area contributed by atoms with Crippen LogP contribution in [0.2, 0.25) is 0 Å². The number of ether oxygens (including phenoxy) is 1. The Morgan fingerprint density at radius 1 is 0.466 bits per heavy atom. The molecule has 1 N–H and O–H groups in total. The third-order valence-electron chi connectivity index (χ3n) is 14.7. The van der Waals surface area contributed by atoms with Gasteiger partial charge in [0, 0.05) is 12.8 Å². The highest BCUT2D eigenvalue weighted by atomic mass is 31.2. The third-order valence-corrected chi connectivity index (χ3v) is 15.7. The fourth-order valence-electron chi connectivity index (χ4n) is 9.76. The van der Waals surface area contributed by atoms with Gasteiger partial charge in [0.15, 0.2) is 0 Å². The predicted molar refractivity (Wildman–Crippen MR) is 312 cm³/mol. The Hall–Kier alpha value is -1.25. The van der Waals surface area contributed by atoms with E-state index >= 15 is 0 Å². The summed E-state index contributed by atoms with van der Waals surface area (Å²) in [6.07, 6.45) is 61.8. The molecule has 0 aliphatic carbocycles. The Bertz CT molecular complexity index is 1260. The number of esters is 1. The monoisotopic (exact) mass is 1050 g/mol. The van der Waals surface area contributed by atoms with Gasteiger partial charge in [-0.05, 0) is 31.8 Å². The van der Waals surface area contributed by atoms with E-state index in [2.05, 4.69) is 26.1 Å². The molecule has 0 aliphatic heterocycles. The number of unbranched alkanes of at least 4 members (excludes halogenated alkanes) is 43. The smallest absolute Gasteiger partial charge is 0.306 e. The number of quaternary nitrogens is 1. The molecule has 0 spiro atoms. The molecule has 1 amide bonds. The van der Waals surface area contributed by atoms with Gasteiger partial charge >= 0.3 is 5.97 Å². The molecule has 3 atom stereocenters. The minimum absolute atomic E-state index is 0.0167. The molecule has 0 aliphatic rings. The number of nitrogens with zero attached hydrogens (tertiary/aromatic N) is 1. The van der Waals surface area contributed by atoms with E-state index in [-0.39, 0.29) is 31.5 Å². The van der Waals surface area contributed by atoms with Gasteiger partial charge in [-0.25, -0.2) is 0 Å². The normalized spacial score (nSPS) is 13.7. The molecule has 0 fully saturated rings. The number of phosphoric ester groups is 1. The summed E-state index contributed by atoms with van der Waals surface area (Å²) in [4.78, 5) is 40.0. The van der Waals surface area contributed by atoms with Crippen LogP contribution in [-0.2, 0) is 27.9 Å². The summed E-state index contributed by atoms with van der Waals surface area (Å²) < 4.78 is 30.3. The van der Waals surface area contributed by atoms with Gasteiger partial charge in [-0.2, -0.15) is 0 Å². The van der Waals surface area contributed by atoms with Crippen LogP contribution in [0.15, 0.2) is 12.2 Å². The van der Waals surface area contributed by atoms with E-state index in [1.54, 1.807) is 0 Å². The summed E-state index contributed by atoms with van der Waals surface area (Å²) >= 11 is 0. The van der Waals surface area contributed by atoms with Gasteiger partial charge in [0.1, 0.15) is 19.3 Å². The number of nitrogens with one attached hydrogen (secondary N) is 1. The molecule has 0 rings (SSSR count). The lowest BCUT2D eigenvalue weighted by molar-refractivity contribution is -0.870. The third kappa shape index (κ3) is 55.3. The molecule has 0 heterocycles. The molecule has 0 aromatic rings. The van der Waals surface area contributed by atoms with Crippen molar-refractivity contribution in [2.45, 2.75) is 341 Å². The van der Waals surface area contributed by atoms with Gasteiger partial charge < -0.3 is 28.5 Å². The van der Waals surface area contributed by atoms with Crippen LogP contribution in [0, 0.1) is 0 Å². The molecule has 73 heavy (non-hydrogen) atoms. The minimum Gasteiger partial charge on any atom is -0.756 e. The van der Waals surface area contributed by atoms with Crippen molar-refractivity contribution >= 4 is 19.7 Å². The van der Waals surface area contributed by atoms with Crippen LogP contribution >= 0.6 is 7.82 Å². The zero-order chi connectivity index (χ0) is 53.6. The molecule has 9 nitrogen and oxygen atoms in total. The number of carbonyl (C=O) groups is 2. The van der Waals surface area contributed by atoms with E-state index < -0.39 is 20.0 Å². The van der Waals surface area contributed by atoms with Crippen molar-refractivity contribution in [2.75, 3.05) is 40.9 Å². The fraction of sp³-hybridized carbons (Fsp3) is 0.937. The van der Waals surface area contributed by atoms with Crippen LogP contribution in [0.25, 0.3) is 0 Å². The van der Waals surface area contributed by atoms with E-state index in [4.69, 9.17) is 13.8 Å². The van der Waals surface area contributed by atoms with Crippen molar-refractivity contribution < 1.29 is 37.3 Å². The fourth-order valence-corrected chi connectivity index (χ4v) is 10.5. The number of carbonyl (C=O) groups excluding carboxylic acids is 2. The molecule has 0 saturated carbocycles. The van der Waals surface area contributed by atoms with Crippen molar-refractivity contribution in [1.29, 1.82) is 0 Å². The zero-order valence-corrected chi connectivity index (χ0v) is 50.5. The van der Waals surface area contributed by atoms with Gasteiger partial charge in [-0.3, -0.25) is 14.2 Å². The Kier molecular flexibility index (Phi) is 53.2. The average molecular weight is 1050 g/mol. The van der Waals surface area contributed by atoms with Gasteiger partial charge in [0.25, 0.3) is 7.82 Å². The van der Waals surface area contributed by atoms with E-state index in [9.17, 15) is 19.0 Å². The highest BCUT2D eigenvalue weighted by molar-refractivity contribution is 7.45. The summed E-state index contributed by atoms with van der Waals surface area (Å²) in [6.45, 7) is 6.90. The van der Waals surface area contributed by atoms with Crippen LogP contribution in [0.5, 0.6) is 0 Å². The molecule has 0 radical (unpaired) electrons. The Labute approximate surface area is 454 Å². The largest absolute Gasteiger partial charge is 0.756 e. The van der Waals surface area contributed by atoms with Crippen molar-refractivity contribution in [1.82, 2.24) is 5.32 Å². The Balaban J connectivity index is 5.16. The number of hydrogen-bond donors (Lipinski definition) is 1. The molecule has 10 heteroatoms. The first kappa shape index (κ1) is 71.8. The van der Waals surface area contributed by atoms with Crippen LogP contribution in [-0.4, -0.2) is 69.4 Å². The van der Waals surface area contributed by atoms with E-state index in [0.717, 1.165) is 57.8 Å². The molecule has 0 saturated heterocycles. The van der Waals surface area contributed by atoms with Crippen LogP contribution < -0.4 is 10.2 Å². The topological polar surface area (TPSA) is 114 Å². The summed E-state index contributed by atoms with van der Waals surface area (Å²) in [6, 6.07) is -0.879. The van der Waals surface area contributed by atoms with Crippen LogP contribution in [0.3, 0.4) is 0 Å². The molecule has 434 valence electrons. The Morgan fingerprint density at radius 3 is 1.12 bits per heavy atom. The number of hydrogen-bond acceptors (Lipinski definition) is 7. The zero-order valence-electron chi connectivity index (χ0n) is 49.6. The maximum Gasteiger partial charge on any atom is 0.306 e. The summed E-state index contributed by atoms with van der Waals surface area (Å²) in [7, 11) is 1.21. The maximum atomic E-state index is 13.5. The summed E-state index contributed by atoms with van der Waals surface area (Å²) in [5, 5.41) is 3.04. The number of rotatable bonds is 59. The van der Waals surface area contributed by atoms with Gasteiger partial charge in [0.05, 0.1) is 33.8 Å². The molecule has 3 unspecified atom stereocenters. The quantitative estimate of drug-likeness (QED) is 0.0212. The molecular weight excluding hydrogens is 928 g/mol. The van der Waals surface area contributed by atoms with Gasteiger partial charge in [0.2, 0.25) is 5.91 Å². The molecule has 0 aromatic heterocycles. The second-order valence-electron chi connectivity index (χ2n) is 23.3. The number of likely N-dealkylation sites (N-methyl/N-ethyl adjacent to an activating group) is 1. The first-order valence-electron chi connectivity index (χ1n) is 32.0. The highest BCUT2D eigenvalue weighted by Gasteiger charge is 2.27. The van der Waals surface area contributed by atoms with Crippen molar-refractivity contribution in [3.63, 3.8) is 0 Å². The highest BCUT2D eigenvalue weighted by Crippen LogP contribution is 2.38. The molecular formula is C63H125N2O7P. The maximum absolute atomic E-state index is 13.5. The van der Waals surface area contributed by atoms with Crippen LogP contribution in [0.4, 0.5) is 0 Å². The summed E-state index contributed by atoms with van der Waals surface area (Å²) in [5.74, 6) is -0.519. The van der Waals surface area contributed by atoms with Crippen molar-refractivity contribution in [3.05, 3.63) is 12.2 Å². The number of allylic oxidation sites excluding steroid dienone is 1. The average Bonchev–Trinajstić information content (AvgIpc) is 3.35. The van der Waals surface area contributed by atoms with Gasteiger partial charge in [-0.15, -0.1) is 0 Å². The Morgan fingerprint density at radius 2 is 0.781 bits per heavy atom. The SMILES string of the molecule is CCCCCCCCCCCCC/C=C\C(OC(=O)CCCCCCCCCCCCCCCCCCCCCCC)C(COP(=O)([O-])OCC[N+](C)(C)C)NC(=O)CCCCCCCCCCCCCCC. The standard InChI is InChI=1S/C63H125N2O7P/c1-7-10-13-16-19-22-25-28-29-30-31-32-33-34-35-38-41-44-47-50-53-56-63(67)72-61(54-51-48-45-42-39-36-26-23-20-17-14-11-8-2)60(59-71-73(68,69)70-58-57-65(4,5)6)64-62(66)55-52-49-46-43-40-37-27-24-21-18-15-12-9-3/h51,54,60-61H,7-50,52-53,55-59H2,1-6H3,(H-,64,66,68,69)/b54-51-. The lowest BCUT2D eigenvalue weighted by Gasteiger charge is -2.30. The first-order valence-corrected chi connectivity index (χ1v) is 33.5. The minimum atomic E-state index is -4.69. The lowest BCUT2D eigenvalue weighted by atomic mass is 10.0. The van der Waals surface area contributed by atoms with Crippen LogP contribution in [0.1, 0.15) is 329 Å². The van der Waals surface area contributed by atoms with E-state index in [1.807, 2.05) is 33.3 Å².